The second-order valence-corrected chi connectivity index (χ2v) is 12.3. The van der Waals surface area contributed by atoms with Crippen LogP contribution in [0.1, 0.15) is 46.0 Å². The first-order chi connectivity index (χ1) is 9.33. The Balaban J connectivity index is 4.18. The van der Waals surface area contributed by atoms with Gasteiger partial charge in [0.05, 0.1) is 19.0 Å². The minimum absolute atomic E-state index is 0.251. The van der Waals surface area contributed by atoms with Crippen molar-refractivity contribution >= 4 is 39.0 Å². The van der Waals surface area contributed by atoms with E-state index in [-0.39, 0.29) is 5.75 Å². The van der Waals surface area contributed by atoms with E-state index in [2.05, 4.69) is 13.8 Å². The predicted octanol–water partition coefficient (Wildman–Crippen LogP) is 3.86. The van der Waals surface area contributed by atoms with Crippen molar-refractivity contribution < 1.29 is 22.0 Å². The minimum atomic E-state index is -3.90. The van der Waals surface area contributed by atoms with E-state index in [9.17, 15) is 8.42 Å². The SMILES string of the molecule is CCCCOP(=S)(OCCCC)SCCCS(=O)(=O)O. The summed E-state index contributed by atoms with van der Waals surface area (Å²) < 4.78 is 41.4. The van der Waals surface area contributed by atoms with E-state index in [4.69, 9.17) is 25.4 Å². The molecule has 0 fully saturated rings. The maximum absolute atomic E-state index is 10.6. The standard InChI is InChI=1S/C11H25O5PS3/c1-3-5-8-15-17(18,16-9-6-4-2)19-10-7-11-20(12,13)14/h3-11H2,1-2H3,(H,12,13,14). The first-order valence-corrected chi connectivity index (χ1v) is 12.7. The number of hydrogen-bond acceptors (Lipinski definition) is 6. The predicted molar refractivity (Wildman–Crippen MR) is 89.5 cm³/mol. The van der Waals surface area contributed by atoms with Gasteiger partial charge in [-0.3, -0.25) is 4.55 Å². The Labute approximate surface area is 131 Å². The van der Waals surface area contributed by atoms with Crippen LogP contribution in [0, 0.1) is 0 Å². The molecule has 0 saturated carbocycles. The first kappa shape index (κ1) is 20.8. The van der Waals surface area contributed by atoms with Crippen molar-refractivity contribution in [1.29, 1.82) is 0 Å². The summed E-state index contributed by atoms with van der Waals surface area (Å²) >= 11 is 6.82. The highest BCUT2D eigenvalue weighted by Gasteiger charge is 2.20. The van der Waals surface area contributed by atoms with Crippen LogP contribution in [0.15, 0.2) is 0 Å². The van der Waals surface area contributed by atoms with Crippen LogP contribution in [0.3, 0.4) is 0 Å². The maximum atomic E-state index is 10.6. The first-order valence-electron chi connectivity index (χ1n) is 6.82. The molecule has 0 heterocycles. The Morgan fingerprint density at radius 2 is 1.60 bits per heavy atom. The van der Waals surface area contributed by atoms with Gasteiger partial charge in [0.1, 0.15) is 0 Å². The summed E-state index contributed by atoms with van der Waals surface area (Å²) in [7, 11) is -3.90. The van der Waals surface area contributed by atoms with Crippen LogP contribution >= 0.6 is 17.1 Å². The summed E-state index contributed by atoms with van der Waals surface area (Å²) in [6.45, 7) is 5.30. The van der Waals surface area contributed by atoms with Gasteiger partial charge in [0.2, 0.25) is 5.69 Å². The molecule has 0 aliphatic carbocycles. The Morgan fingerprint density at radius 1 is 1.10 bits per heavy atom. The second kappa shape index (κ2) is 11.4. The molecule has 0 unspecified atom stereocenters. The molecule has 5 nitrogen and oxygen atoms in total. The van der Waals surface area contributed by atoms with E-state index >= 15 is 0 Å². The molecule has 0 aromatic rings. The molecule has 0 aliphatic rings. The lowest BCUT2D eigenvalue weighted by molar-refractivity contribution is 0.253. The van der Waals surface area contributed by atoms with Crippen LogP contribution in [0.25, 0.3) is 0 Å². The summed E-state index contributed by atoms with van der Waals surface area (Å²) in [4.78, 5) is 0. The monoisotopic (exact) mass is 364 g/mol. The Kier molecular flexibility index (Phi) is 11.9. The van der Waals surface area contributed by atoms with Crippen LogP contribution < -0.4 is 0 Å². The molecule has 0 amide bonds. The van der Waals surface area contributed by atoms with E-state index in [1.54, 1.807) is 0 Å². The summed E-state index contributed by atoms with van der Waals surface area (Å²) in [5.41, 5.74) is -2.39. The summed E-state index contributed by atoms with van der Waals surface area (Å²) in [5, 5.41) is 0. The van der Waals surface area contributed by atoms with Crippen molar-refractivity contribution in [2.75, 3.05) is 24.7 Å². The quantitative estimate of drug-likeness (QED) is 0.302. The topological polar surface area (TPSA) is 72.8 Å². The fourth-order valence-electron chi connectivity index (χ4n) is 1.17. The van der Waals surface area contributed by atoms with Gasteiger partial charge in [-0.05, 0) is 31.1 Å². The Bertz CT molecular complexity index is 372. The van der Waals surface area contributed by atoms with Crippen LogP contribution in [0.5, 0.6) is 0 Å². The van der Waals surface area contributed by atoms with Gasteiger partial charge < -0.3 is 9.05 Å². The summed E-state index contributed by atoms with van der Waals surface area (Å²) in [6, 6.07) is 0. The van der Waals surface area contributed by atoms with E-state index in [1.165, 1.54) is 11.4 Å². The molecule has 0 bridgehead atoms. The third-order valence-corrected chi connectivity index (χ3v) is 8.59. The van der Waals surface area contributed by atoms with Gasteiger partial charge in [0.25, 0.3) is 10.1 Å². The van der Waals surface area contributed by atoms with Gasteiger partial charge in [0.15, 0.2) is 0 Å². The lowest BCUT2D eigenvalue weighted by atomic mass is 10.4. The van der Waals surface area contributed by atoms with Crippen molar-refractivity contribution in [2.45, 2.75) is 46.0 Å². The molecule has 0 saturated heterocycles. The van der Waals surface area contributed by atoms with Gasteiger partial charge in [-0.1, -0.05) is 38.1 Å². The summed E-state index contributed by atoms with van der Waals surface area (Å²) in [6.07, 6.45) is 4.26. The zero-order valence-electron chi connectivity index (χ0n) is 12.1. The molecule has 0 spiro atoms. The molecule has 0 radical (unpaired) electrons. The molecule has 0 aromatic carbocycles. The fourth-order valence-corrected chi connectivity index (χ4v) is 6.36. The van der Waals surface area contributed by atoms with Crippen LogP contribution in [-0.2, 0) is 31.0 Å². The summed E-state index contributed by atoms with van der Waals surface area (Å²) in [5.74, 6) is 0.259. The van der Waals surface area contributed by atoms with Crippen molar-refractivity contribution in [3.05, 3.63) is 0 Å². The zero-order valence-corrected chi connectivity index (χ0v) is 15.5. The fraction of sp³-hybridized carbons (Fsp3) is 1.00. The van der Waals surface area contributed by atoms with Gasteiger partial charge in [0, 0.05) is 5.75 Å². The minimum Gasteiger partial charge on any atom is -0.322 e. The van der Waals surface area contributed by atoms with Crippen molar-refractivity contribution in [3.63, 3.8) is 0 Å². The second-order valence-electron chi connectivity index (χ2n) is 4.29. The molecule has 20 heavy (non-hydrogen) atoms. The smallest absolute Gasteiger partial charge is 0.264 e. The molecule has 0 aliphatic heterocycles. The highest BCUT2D eigenvalue weighted by molar-refractivity contribution is 8.67. The van der Waals surface area contributed by atoms with Gasteiger partial charge >= 0.3 is 0 Å². The molecule has 9 heteroatoms. The average molecular weight is 364 g/mol. The molecular formula is C11H25O5PS3. The van der Waals surface area contributed by atoms with E-state index < -0.39 is 15.8 Å². The normalized spacial score (nSPS) is 12.8. The molecular weight excluding hydrogens is 339 g/mol. The highest BCUT2D eigenvalue weighted by Crippen LogP contribution is 2.61. The van der Waals surface area contributed by atoms with E-state index in [0.717, 1.165) is 25.7 Å². The van der Waals surface area contributed by atoms with E-state index in [0.29, 0.717) is 25.4 Å². The maximum Gasteiger partial charge on any atom is 0.264 e. The molecule has 0 aromatic heterocycles. The Morgan fingerprint density at radius 3 is 2.00 bits per heavy atom. The molecule has 122 valence electrons. The van der Waals surface area contributed by atoms with Crippen LogP contribution in [0.2, 0.25) is 0 Å². The van der Waals surface area contributed by atoms with Gasteiger partial charge in [-0.2, -0.15) is 8.42 Å². The lowest BCUT2D eigenvalue weighted by Gasteiger charge is -2.21. The highest BCUT2D eigenvalue weighted by atomic mass is 32.9. The van der Waals surface area contributed by atoms with Crippen LogP contribution in [0.4, 0.5) is 0 Å². The molecule has 0 rings (SSSR count). The zero-order chi connectivity index (χ0) is 15.5. The number of hydrogen-bond donors (Lipinski definition) is 1. The van der Waals surface area contributed by atoms with Gasteiger partial charge in [-0.15, -0.1) is 0 Å². The largest absolute Gasteiger partial charge is 0.322 e. The third-order valence-electron chi connectivity index (χ3n) is 2.29. The Hall–Kier alpha value is 0.830. The van der Waals surface area contributed by atoms with Crippen molar-refractivity contribution in [3.8, 4) is 0 Å². The van der Waals surface area contributed by atoms with Crippen molar-refractivity contribution in [2.24, 2.45) is 0 Å². The van der Waals surface area contributed by atoms with Crippen molar-refractivity contribution in [1.82, 2.24) is 0 Å². The number of rotatable bonds is 13. The number of unbranched alkanes of at least 4 members (excludes halogenated alkanes) is 2. The third kappa shape index (κ3) is 12.6. The van der Waals surface area contributed by atoms with Crippen LogP contribution in [-0.4, -0.2) is 37.7 Å². The lowest BCUT2D eigenvalue weighted by Crippen LogP contribution is -2.05. The van der Waals surface area contributed by atoms with E-state index in [1.807, 2.05) is 0 Å². The average Bonchev–Trinajstić information content (AvgIpc) is 2.35. The molecule has 0 atom stereocenters. The molecule has 1 N–H and O–H groups in total. The van der Waals surface area contributed by atoms with Gasteiger partial charge in [-0.25, -0.2) is 0 Å².